The van der Waals surface area contributed by atoms with Gasteiger partial charge in [-0.1, -0.05) is 144 Å². The van der Waals surface area contributed by atoms with Crippen molar-refractivity contribution in [3.63, 3.8) is 0 Å². The Morgan fingerprint density at radius 2 is 1.44 bits per heavy atom. The lowest BCUT2D eigenvalue weighted by Gasteiger charge is -2.58. The lowest BCUT2D eigenvalue weighted by molar-refractivity contribution is -0.313. The number of aliphatic hydroxyl groups is 3. The highest BCUT2D eigenvalue weighted by Gasteiger charge is 2.61. The molecule has 0 amide bonds. The van der Waals surface area contributed by atoms with Crippen LogP contribution in [0.4, 0.5) is 0 Å². The topological polar surface area (TPSA) is 123 Å². The molecule has 3 saturated carbocycles. The number of aliphatic hydroxyl groups excluding tert-OH is 3. The highest BCUT2D eigenvalue weighted by Crippen LogP contribution is 2.67. The molecule has 8 nitrogen and oxygen atoms in total. The van der Waals surface area contributed by atoms with Gasteiger partial charge in [-0.15, -0.1) is 0 Å². The van der Waals surface area contributed by atoms with E-state index in [1.165, 1.54) is 96.3 Å². The van der Waals surface area contributed by atoms with Crippen molar-refractivity contribution in [3.05, 3.63) is 11.6 Å². The Balaban J connectivity index is 1.06. The van der Waals surface area contributed by atoms with Crippen molar-refractivity contribution < 1.29 is 39.1 Å². The van der Waals surface area contributed by atoms with Gasteiger partial charge in [-0.05, 0) is 110 Å². The number of ketones is 1. The first-order valence-corrected chi connectivity index (χ1v) is 25.0. The average Bonchev–Trinajstić information content (AvgIpc) is 3.57. The van der Waals surface area contributed by atoms with Crippen LogP contribution in [0.2, 0.25) is 0 Å². The molecule has 0 bridgehead atoms. The Kier molecular flexibility index (Phi) is 18.9. The van der Waals surface area contributed by atoms with Gasteiger partial charge in [0.15, 0.2) is 12.1 Å². The molecule has 4 aliphatic carbocycles. The van der Waals surface area contributed by atoms with E-state index in [0.29, 0.717) is 42.3 Å². The smallest absolute Gasteiger partial charge is 0.305 e. The highest BCUT2D eigenvalue weighted by atomic mass is 16.7. The number of ether oxygens (including phenoxy) is 3. The predicted octanol–water partition coefficient (Wildman–Crippen LogP) is 11.1. The van der Waals surface area contributed by atoms with Crippen molar-refractivity contribution in [3.8, 4) is 0 Å². The number of esters is 1. The first-order chi connectivity index (χ1) is 28.2. The van der Waals surface area contributed by atoms with Gasteiger partial charge in [-0.3, -0.25) is 9.59 Å². The highest BCUT2D eigenvalue weighted by molar-refractivity contribution is 5.94. The van der Waals surface area contributed by atoms with Gasteiger partial charge in [0.1, 0.15) is 31.0 Å². The Labute approximate surface area is 359 Å². The number of carbonyl (C=O) groups excluding carboxylic acids is 2. The quantitative estimate of drug-likeness (QED) is 0.0649. The molecule has 5 aliphatic rings. The van der Waals surface area contributed by atoms with E-state index >= 15 is 0 Å². The molecule has 0 spiro atoms. The fraction of sp³-hybridized carbons (Fsp3) is 0.922. The molecule has 0 aromatic rings. The summed E-state index contributed by atoms with van der Waals surface area (Å²) in [5.41, 5.74) is 1.30. The van der Waals surface area contributed by atoms with Crippen molar-refractivity contribution in [2.75, 3.05) is 6.61 Å². The molecule has 0 radical (unpaired) electrons. The number of rotatable bonds is 24. The summed E-state index contributed by atoms with van der Waals surface area (Å²) in [7, 11) is 0. The first-order valence-electron chi connectivity index (χ1n) is 25.0. The molecule has 1 saturated heterocycles. The molecule has 1 aliphatic heterocycles. The Morgan fingerprint density at radius 3 is 2.07 bits per heavy atom. The van der Waals surface area contributed by atoms with Gasteiger partial charge >= 0.3 is 5.97 Å². The van der Waals surface area contributed by atoms with Crippen molar-refractivity contribution in [2.45, 2.75) is 239 Å². The van der Waals surface area contributed by atoms with Gasteiger partial charge in [-0.2, -0.15) is 0 Å². The number of carbonyl (C=O) groups is 2. The molecule has 8 heteroatoms. The zero-order valence-electron chi connectivity index (χ0n) is 38.6. The summed E-state index contributed by atoms with van der Waals surface area (Å²) in [6.45, 7) is 16.5. The van der Waals surface area contributed by atoms with E-state index in [2.05, 4.69) is 48.5 Å². The zero-order valence-corrected chi connectivity index (χ0v) is 38.6. The normalized spacial score (nSPS) is 36.7. The van der Waals surface area contributed by atoms with E-state index in [1.54, 1.807) is 0 Å². The number of hydrogen-bond acceptors (Lipinski definition) is 8. The lowest BCUT2D eigenvalue weighted by Crippen LogP contribution is -2.60. The van der Waals surface area contributed by atoms with Crippen molar-refractivity contribution in [1.29, 1.82) is 0 Å². The van der Waals surface area contributed by atoms with Crippen LogP contribution in [0.5, 0.6) is 0 Å². The van der Waals surface area contributed by atoms with Crippen LogP contribution in [0.25, 0.3) is 0 Å². The molecule has 4 fully saturated rings. The van der Waals surface area contributed by atoms with Crippen molar-refractivity contribution in [2.24, 2.45) is 52.3 Å². The SMILES string of the molecule is CCCCCCCCCCCCCCCC(=O)OC[C@H]1O[C@@H](O[C@H]2CC[C@@]3(C)C(=CC(=O)[C@H]4[C@@H]5CC[C@H]([C@H](C)CCC(CC)C(C)C)[C@@]5(C)CC[C@@H]43)C2)[C@H](O)[C@@H](O)[C@@H]1O. The number of allylic oxidation sites excluding steroid dienone is 1. The van der Waals surface area contributed by atoms with Crippen LogP contribution in [0, 0.1) is 52.3 Å². The minimum Gasteiger partial charge on any atom is -0.463 e. The van der Waals surface area contributed by atoms with Gasteiger partial charge in [0, 0.05) is 12.3 Å². The molecule has 59 heavy (non-hydrogen) atoms. The van der Waals surface area contributed by atoms with Crippen LogP contribution in [0.3, 0.4) is 0 Å². The molecule has 5 rings (SSSR count). The second kappa shape index (κ2) is 22.9. The Bertz CT molecular complexity index is 1330. The third-order valence-electron chi connectivity index (χ3n) is 17.0. The maximum atomic E-state index is 14.2. The minimum absolute atomic E-state index is 0.0686. The van der Waals surface area contributed by atoms with Crippen LogP contribution in [0.1, 0.15) is 203 Å². The van der Waals surface area contributed by atoms with Crippen LogP contribution in [0.15, 0.2) is 11.6 Å². The number of fused-ring (bicyclic) bond motifs is 5. The average molecular weight is 829 g/mol. The third-order valence-corrected chi connectivity index (χ3v) is 17.0. The summed E-state index contributed by atoms with van der Waals surface area (Å²) in [5, 5.41) is 32.5. The fourth-order valence-corrected chi connectivity index (χ4v) is 13.0. The van der Waals surface area contributed by atoms with Crippen LogP contribution >= 0.6 is 0 Å². The van der Waals surface area contributed by atoms with E-state index in [-0.39, 0.29) is 35.4 Å². The largest absolute Gasteiger partial charge is 0.463 e. The number of hydrogen-bond donors (Lipinski definition) is 3. The van der Waals surface area contributed by atoms with Gasteiger partial charge in [0.25, 0.3) is 0 Å². The van der Waals surface area contributed by atoms with Gasteiger partial charge in [-0.25, -0.2) is 0 Å². The van der Waals surface area contributed by atoms with E-state index in [1.807, 2.05) is 6.08 Å². The third kappa shape index (κ3) is 12.0. The molecule has 340 valence electrons. The Hall–Kier alpha value is -1.32. The summed E-state index contributed by atoms with van der Waals surface area (Å²) in [5.74, 6) is 3.69. The molecule has 14 atom stereocenters. The fourth-order valence-electron chi connectivity index (χ4n) is 13.0. The predicted molar refractivity (Wildman–Crippen MR) is 235 cm³/mol. The van der Waals surface area contributed by atoms with Crippen molar-refractivity contribution >= 4 is 11.8 Å². The van der Waals surface area contributed by atoms with E-state index in [0.717, 1.165) is 62.4 Å². The molecule has 0 aromatic heterocycles. The molecular formula is C51H88O8. The second-order valence-electron chi connectivity index (χ2n) is 21.1. The summed E-state index contributed by atoms with van der Waals surface area (Å²) in [6.07, 6.45) is 22.2. The zero-order chi connectivity index (χ0) is 42.7. The van der Waals surface area contributed by atoms with Gasteiger partial charge in [0.2, 0.25) is 0 Å². The van der Waals surface area contributed by atoms with Gasteiger partial charge in [0.05, 0.1) is 6.10 Å². The molecule has 0 aromatic carbocycles. The van der Waals surface area contributed by atoms with Crippen LogP contribution in [-0.2, 0) is 23.8 Å². The summed E-state index contributed by atoms with van der Waals surface area (Å²) in [6, 6.07) is 0. The molecule has 3 N–H and O–H groups in total. The second-order valence-corrected chi connectivity index (χ2v) is 21.1. The number of unbranched alkanes of at least 4 members (excludes halogenated alkanes) is 12. The van der Waals surface area contributed by atoms with Crippen LogP contribution in [-0.4, -0.2) is 70.5 Å². The van der Waals surface area contributed by atoms with Gasteiger partial charge < -0.3 is 29.5 Å². The van der Waals surface area contributed by atoms with Crippen LogP contribution < -0.4 is 0 Å². The van der Waals surface area contributed by atoms with Crippen molar-refractivity contribution in [1.82, 2.24) is 0 Å². The maximum absolute atomic E-state index is 14.2. The van der Waals surface area contributed by atoms with E-state index < -0.39 is 30.7 Å². The van der Waals surface area contributed by atoms with E-state index in [9.17, 15) is 24.9 Å². The monoisotopic (exact) mass is 829 g/mol. The molecule has 1 unspecified atom stereocenters. The molecule has 1 heterocycles. The van der Waals surface area contributed by atoms with E-state index in [4.69, 9.17) is 14.2 Å². The lowest BCUT2D eigenvalue weighted by atomic mass is 9.46. The standard InChI is InChI=1S/C51H88O8/c1-8-10-11-12-13-14-15-16-17-18-19-20-21-22-44(53)57-33-43-46(54)47(55)48(56)49(59-43)58-38-27-29-50(6)37(31-38)32-42(52)45-40-26-25-39(51(40,7)30-28-41(45)50)35(5)23-24-36(9-2)34(3)4/h32,34-36,38-41,43,45-49,54-56H,8-31,33H2,1-7H3/t35-,36?,38+,39-,40+,41+,43-,45+,46-,47+,48-,49-,50+,51-/m1/s1. The minimum atomic E-state index is -1.50. The Morgan fingerprint density at radius 1 is 0.797 bits per heavy atom. The summed E-state index contributed by atoms with van der Waals surface area (Å²) in [4.78, 5) is 26.8. The first kappa shape index (κ1) is 48.7. The maximum Gasteiger partial charge on any atom is 0.305 e. The summed E-state index contributed by atoms with van der Waals surface area (Å²) < 4.78 is 17.9. The summed E-state index contributed by atoms with van der Waals surface area (Å²) >= 11 is 0. The molecular weight excluding hydrogens is 741 g/mol.